The third-order valence-electron chi connectivity index (χ3n) is 3.12. The van der Waals surface area contributed by atoms with E-state index in [0.717, 1.165) is 17.7 Å². The van der Waals surface area contributed by atoms with E-state index in [1.54, 1.807) is 18.5 Å². The maximum Gasteiger partial charge on any atom is 0.123 e. The number of nitrogens with zero attached hydrogens (tertiary/aromatic N) is 2. The van der Waals surface area contributed by atoms with Crippen molar-refractivity contribution in [1.82, 2.24) is 9.55 Å². The van der Waals surface area contributed by atoms with Gasteiger partial charge in [0.25, 0.3) is 0 Å². The molecule has 2 aromatic rings. The van der Waals surface area contributed by atoms with Gasteiger partial charge in [0, 0.05) is 18.8 Å². The van der Waals surface area contributed by atoms with Crippen molar-refractivity contribution in [3.63, 3.8) is 0 Å². The van der Waals surface area contributed by atoms with Crippen LogP contribution in [-0.4, -0.2) is 9.55 Å². The SMILES string of the molecule is CC(C)CC(N)c1cncn1Cc1ccc(F)cc1. The quantitative estimate of drug-likeness (QED) is 0.898. The molecule has 1 atom stereocenters. The van der Waals surface area contributed by atoms with Crippen molar-refractivity contribution in [3.05, 3.63) is 53.9 Å². The molecule has 0 amide bonds. The first kappa shape index (κ1) is 13.7. The van der Waals surface area contributed by atoms with Crippen LogP contribution in [0.25, 0.3) is 0 Å². The molecule has 0 radical (unpaired) electrons. The monoisotopic (exact) mass is 261 g/mol. The topological polar surface area (TPSA) is 43.8 Å². The molecule has 1 unspecified atom stereocenters. The number of imidazole rings is 1. The van der Waals surface area contributed by atoms with Crippen LogP contribution in [0.2, 0.25) is 0 Å². The summed E-state index contributed by atoms with van der Waals surface area (Å²) in [6.07, 6.45) is 4.52. The molecule has 0 saturated carbocycles. The highest BCUT2D eigenvalue weighted by molar-refractivity contribution is 5.18. The summed E-state index contributed by atoms with van der Waals surface area (Å²) >= 11 is 0. The lowest BCUT2D eigenvalue weighted by Crippen LogP contribution is -2.17. The Hall–Kier alpha value is -1.68. The normalized spacial score (nSPS) is 12.9. The van der Waals surface area contributed by atoms with Gasteiger partial charge in [-0.1, -0.05) is 26.0 Å². The van der Waals surface area contributed by atoms with Crippen molar-refractivity contribution < 1.29 is 4.39 Å². The van der Waals surface area contributed by atoms with Crippen molar-refractivity contribution >= 4 is 0 Å². The average Bonchev–Trinajstić information content (AvgIpc) is 2.79. The number of aromatic nitrogens is 2. The largest absolute Gasteiger partial charge is 0.329 e. The zero-order valence-corrected chi connectivity index (χ0v) is 11.4. The van der Waals surface area contributed by atoms with Gasteiger partial charge in [-0.25, -0.2) is 9.37 Å². The number of rotatable bonds is 5. The number of hydrogen-bond donors (Lipinski definition) is 1. The second-order valence-electron chi connectivity index (χ2n) is 5.31. The van der Waals surface area contributed by atoms with Crippen LogP contribution in [0.5, 0.6) is 0 Å². The van der Waals surface area contributed by atoms with E-state index in [-0.39, 0.29) is 11.9 Å². The van der Waals surface area contributed by atoms with E-state index in [9.17, 15) is 4.39 Å². The Bertz CT molecular complexity index is 516. The molecule has 102 valence electrons. The number of hydrogen-bond acceptors (Lipinski definition) is 2. The molecule has 3 nitrogen and oxygen atoms in total. The molecule has 19 heavy (non-hydrogen) atoms. The van der Waals surface area contributed by atoms with E-state index in [1.165, 1.54) is 12.1 Å². The fourth-order valence-corrected chi connectivity index (χ4v) is 2.19. The molecule has 2 rings (SSSR count). The summed E-state index contributed by atoms with van der Waals surface area (Å²) in [4.78, 5) is 4.17. The van der Waals surface area contributed by atoms with E-state index >= 15 is 0 Å². The van der Waals surface area contributed by atoms with E-state index in [0.29, 0.717) is 12.5 Å². The summed E-state index contributed by atoms with van der Waals surface area (Å²) < 4.78 is 14.9. The smallest absolute Gasteiger partial charge is 0.123 e. The average molecular weight is 261 g/mol. The Morgan fingerprint density at radius 3 is 2.58 bits per heavy atom. The van der Waals surface area contributed by atoms with Crippen LogP contribution in [0.15, 0.2) is 36.8 Å². The summed E-state index contributed by atoms with van der Waals surface area (Å²) in [5.74, 6) is 0.329. The molecule has 0 aliphatic rings. The van der Waals surface area contributed by atoms with E-state index in [1.807, 2.05) is 10.8 Å². The molecule has 0 aliphatic heterocycles. The van der Waals surface area contributed by atoms with Gasteiger partial charge in [0.15, 0.2) is 0 Å². The van der Waals surface area contributed by atoms with Crippen LogP contribution in [-0.2, 0) is 6.54 Å². The zero-order valence-electron chi connectivity index (χ0n) is 11.4. The van der Waals surface area contributed by atoms with Crippen LogP contribution in [0.3, 0.4) is 0 Å². The highest BCUT2D eigenvalue weighted by Crippen LogP contribution is 2.19. The van der Waals surface area contributed by atoms with Crippen LogP contribution in [0.1, 0.15) is 37.6 Å². The van der Waals surface area contributed by atoms with Gasteiger partial charge in [-0.3, -0.25) is 0 Å². The van der Waals surface area contributed by atoms with Crippen LogP contribution >= 0.6 is 0 Å². The Kier molecular flexibility index (Phi) is 4.32. The zero-order chi connectivity index (χ0) is 13.8. The fourth-order valence-electron chi connectivity index (χ4n) is 2.19. The van der Waals surface area contributed by atoms with Gasteiger partial charge in [0.05, 0.1) is 12.0 Å². The number of benzene rings is 1. The molecule has 2 N–H and O–H groups in total. The van der Waals surface area contributed by atoms with Gasteiger partial charge in [-0.2, -0.15) is 0 Å². The number of halogens is 1. The van der Waals surface area contributed by atoms with Gasteiger partial charge in [0.2, 0.25) is 0 Å². The first-order valence-corrected chi connectivity index (χ1v) is 6.56. The van der Waals surface area contributed by atoms with Gasteiger partial charge >= 0.3 is 0 Å². The van der Waals surface area contributed by atoms with Crippen molar-refractivity contribution in [1.29, 1.82) is 0 Å². The molecule has 1 heterocycles. The molecule has 0 spiro atoms. The molecule has 1 aromatic carbocycles. The fraction of sp³-hybridized carbons (Fsp3) is 0.400. The van der Waals surface area contributed by atoms with Crippen LogP contribution in [0.4, 0.5) is 4.39 Å². The molecular formula is C15H20FN3. The number of nitrogens with two attached hydrogens (primary N) is 1. The minimum atomic E-state index is -0.217. The molecule has 0 aliphatic carbocycles. The lowest BCUT2D eigenvalue weighted by molar-refractivity contribution is 0.488. The Balaban J connectivity index is 2.13. The third kappa shape index (κ3) is 3.64. The Morgan fingerprint density at radius 2 is 1.95 bits per heavy atom. The summed E-state index contributed by atoms with van der Waals surface area (Å²) in [6, 6.07) is 6.50. The summed E-state index contributed by atoms with van der Waals surface area (Å²) in [5.41, 5.74) is 8.26. The molecule has 0 bridgehead atoms. The Labute approximate surface area is 113 Å². The van der Waals surface area contributed by atoms with Crippen LogP contribution < -0.4 is 5.73 Å². The maximum atomic E-state index is 12.9. The lowest BCUT2D eigenvalue weighted by Gasteiger charge is -2.16. The third-order valence-corrected chi connectivity index (χ3v) is 3.12. The van der Waals surface area contributed by atoms with Crippen molar-refractivity contribution in [2.75, 3.05) is 0 Å². The predicted octanol–water partition coefficient (Wildman–Crippen LogP) is 3.12. The molecular weight excluding hydrogens is 241 g/mol. The molecule has 0 saturated heterocycles. The predicted molar refractivity (Wildman–Crippen MR) is 74.1 cm³/mol. The van der Waals surface area contributed by atoms with Gasteiger partial charge < -0.3 is 10.3 Å². The van der Waals surface area contributed by atoms with Crippen molar-refractivity contribution in [2.45, 2.75) is 32.9 Å². The van der Waals surface area contributed by atoms with Gasteiger partial charge in [-0.15, -0.1) is 0 Å². The summed E-state index contributed by atoms with van der Waals surface area (Å²) in [5, 5.41) is 0. The van der Waals surface area contributed by atoms with E-state index in [4.69, 9.17) is 5.73 Å². The highest BCUT2D eigenvalue weighted by atomic mass is 19.1. The maximum absolute atomic E-state index is 12.9. The first-order valence-electron chi connectivity index (χ1n) is 6.56. The van der Waals surface area contributed by atoms with Crippen LogP contribution in [0, 0.1) is 11.7 Å². The van der Waals surface area contributed by atoms with Gasteiger partial charge in [-0.05, 0) is 30.0 Å². The minimum Gasteiger partial charge on any atom is -0.329 e. The molecule has 4 heteroatoms. The summed E-state index contributed by atoms with van der Waals surface area (Å²) in [6.45, 7) is 4.97. The Morgan fingerprint density at radius 1 is 1.26 bits per heavy atom. The van der Waals surface area contributed by atoms with Crippen molar-refractivity contribution in [3.8, 4) is 0 Å². The lowest BCUT2D eigenvalue weighted by atomic mass is 10.0. The second kappa shape index (κ2) is 5.97. The standard InChI is InChI=1S/C15H20FN3/c1-11(2)7-14(17)15-8-18-10-19(15)9-12-3-5-13(16)6-4-12/h3-6,8,10-11,14H,7,9,17H2,1-2H3. The van der Waals surface area contributed by atoms with E-state index < -0.39 is 0 Å². The first-order chi connectivity index (χ1) is 9.06. The summed E-state index contributed by atoms with van der Waals surface area (Å²) in [7, 11) is 0. The van der Waals surface area contributed by atoms with E-state index in [2.05, 4.69) is 18.8 Å². The second-order valence-corrected chi connectivity index (χ2v) is 5.31. The molecule has 0 fully saturated rings. The minimum absolute atomic E-state index is 0.0112. The van der Waals surface area contributed by atoms with Crippen molar-refractivity contribution in [2.24, 2.45) is 11.7 Å². The molecule has 1 aromatic heterocycles. The van der Waals surface area contributed by atoms with Gasteiger partial charge in [0.1, 0.15) is 5.82 Å². The highest BCUT2D eigenvalue weighted by Gasteiger charge is 2.13.